The largest absolute Gasteiger partial charge is 0.493 e. The molecule has 0 aliphatic heterocycles. The smallest absolute Gasteiger partial charge is 0.255 e. The molecule has 0 heterocycles. The van der Waals surface area contributed by atoms with E-state index in [0.29, 0.717) is 43.3 Å². The van der Waals surface area contributed by atoms with Crippen LogP contribution in [0.25, 0.3) is 0 Å². The highest BCUT2D eigenvalue weighted by Gasteiger charge is 2.24. The van der Waals surface area contributed by atoms with Gasteiger partial charge in [-0.2, -0.15) is 0 Å². The monoisotopic (exact) mass is 346 g/mol. The van der Waals surface area contributed by atoms with Crippen LogP contribution < -0.4 is 10.1 Å². The van der Waals surface area contributed by atoms with Crippen molar-refractivity contribution in [1.82, 2.24) is 10.2 Å². The molecule has 0 spiro atoms. The summed E-state index contributed by atoms with van der Waals surface area (Å²) in [5.74, 6) is 0.648. The van der Waals surface area contributed by atoms with Crippen molar-refractivity contribution < 1.29 is 14.3 Å². The first-order chi connectivity index (χ1) is 12.2. The highest BCUT2D eigenvalue weighted by Crippen LogP contribution is 2.24. The van der Waals surface area contributed by atoms with E-state index in [4.69, 9.17) is 4.74 Å². The van der Waals surface area contributed by atoms with Crippen LogP contribution in [-0.4, -0.2) is 42.5 Å². The van der Waals surface area contributed by atoms with E-state index in [1.54, 1.807) is 12.1 Å². The number of hydrogen-bond acceptors (Lipinski definition) is 3. The summed E-state index contributed by atoms with van der Waals surface area (Å²) in [4.78, 5) is 26.7. The van der Waals surface area contributed by atoms with Crippen molar-refractivity contribution in [3.05, 3.63) is 29.8 Å². The molecule has 0 radical (unpaired) electrons. The molecule has 0 unspecified atom stereocenters. The van der Waals surface area contributed by atoms with Crippen molar-refractivity contribution in [2.75, 3.05) is 19.7 Å². The first-order valence-corrected chi connectivity index (χ1v) is 9.46. The summed E-state index contributed by atoms with van der Waals surface area (Å²) in [5.41, 5.74) is 0.539. The third kappa shape index (κ3) is 5.48. The first kappa shape index (κ1) is 19.3. The van der Waals surface area contributed by atoms with Crippen molar-refractivity contribution in [2.45, 2.75) is 58.4 Å². The van der Waals surface area contributed by atoms with Crippen molar-refractivity contribution >= 4 is 11.8 Å². The number of nitrogens with zero attached hydrogens (tertiary/aromatic N) is 1. The predicted molar refractivity (Wildman–Crippen MR) is 98.8 cm³/mol. The molecule has 2 rings (SSSR count). The third-order valence-corrected chi connectivity index (χ3v) is 4.71. The number of amides is 2. The summed E-state index contributed by atoms with van der Waals surface area (Å²) in [6.45, 7) is 5.73. The zero-order chi connectivity index (χ0) is 18.1. The molecule has 1 aliphatic carbocycles. The molecule has 2 amide bonds. The van der Waals surface area contributed by atoms with E-state index < -0.39 is 0 Å². The summed E-state index contributed by atoms with van der Waals surface area (Å²) in [6.07, 6.45) is 5.85. The van der Waals surface area contributed by atoms with Crippen molar-refractivity contribution in [3.8, 4) is 5.75 Å². The number of para-hydroxylation sites is 1. The van der Waals surface area contributed by atoms with Crippen LogP contribution in [-0.2, 0) is 4.79 Å². The van der Waals surface area contributed by atoms with E-state index in [2.05, 4.69) is 5.32 Å². The molecule has 1 fully saturated rings. The lowest BCUT2D eigenvalue weighted by Crippen LogP contribution is -2.38. The number of benzene rings is 1. The van der Waals surface area contributed by atoms with Gasteiger partial charge in [0.1, 0.15) is 5.75 Å². The summed E-state index contributed by atoms with van der Waals surface area (Å²) in [7, 11) is 0. The molecule has 138 valence electrons. The van der Waals surface area contributed by atoms with Crippen LogP contribution >= 0.6 is 0 Å². The van der Waals surface area contributed by atoms with Crippen LogP contribution in [0.15, 0.2) is 24.3 Å². The highest BCUT2D eigenvalue weighted by molar-refractivity contribution is 5.96. The van der Waals surface area contributed by atoms with Crippen molar-refractivity contribution in [3.63, 3.8) is 0 Å². The van der Waals surface area contributed by atoms with E-state index in [-0.39, 0.29) is 11.8 Å². The van der Waals surface area contributed by atoms with E-state index in [1.165, 1.54) is 12.8 Å². The lowest BCUT2D eigenvalue weighted by molar-refractivity contribution is -0.133. The Morgan fingerprint density at radius 1 is 1.20 bits per heavy atom. The molecular weight excluding hydrogens is 316 g/mol. The normalized spacial score (nSPS) is 14.3. The van der Waals surface area contributed by atoms with Crippen molar-refractivity contribution in [2.24, 2.45) is 0 Å². The molecule has 1 aliphatic rings. The zero-order valence-corrected chi connectivity index (χ0v) is 15.4. The Kier molecular flexibility index (Phi) is 7.76. The van der Waals surface area contributed by atoms with Crippen LogP contribution in [0.1, 0.15) is 62.7 Å². The molecule has 0 atom stereocenters. The standard InChI is InChI=1S/C20H30N2O3/c1-3-22(16-10-5-6-11-16)19(23)14-9-15-21-20(24)17-12-7-8-13-18(17)25-4-2/h7-8,12-13,16H,3-6,9-11,14-15H2,1-2H3,(H,21,24). The van der Waals surface area contributed by atoms with Gasteiger partial charge in [0.15, 0.2) is 0 Å². The van der Waals surface area contributed by atoms with Gasteiger partial charge in [-0.05, 0) is 45.2 Å². The minimum Gasteiger partial charge on any atom is -0.493 e. The minimum absolute atomic E-state index is 0.153. The van der Waals surface area contributed by atoms with E-state index in [1.807, 2.05) is 30.9 Å². The maximum Gasteiger partial charge on any atom is 0.255 e. The van der Waals surface area contributed by atoms with Crippen LogP contribution in [0, 0.1) is 0 Å². The summed E-state index contributed by atoms with van der Waals surface area (Å²) in [5, 5.41) is 2.89. The van der Waals surface area contributed by atoms with E-state index in [9.17, 15) is 9.59 Å². The Hall–Kier alpha value is -2.04. The number of carbonyl (C=O) groups excluding carboxylic acids is 2. The summed E-state index contributed by atoms with van der Waals surface area (Å²) < 4.78 is 5.48. The van der Waals surface area contributed by atoms with Crippen LogP contribution in [0.2, 0.25) is 0 Å². The van der Waals surface area contributed by atoms with Crippen LogP contribution in [0.4, 0.5) is 0 Å². The molecule has 0 saturated heterocycles. The molecule has 1 N–H and O–H groups in total. The molecular formula is C20H30N2O3. The molecule has 5 nitrogen and oxygen atoms in total. The number of ether oxygens (including phenoxy) is 1. The minimum atomic E-state index is -0.153. The Morgan fingerprint density at radius 2 is 1.92 bits per heavy atom. The third-order valence-electron chi connectivity index (χ3n) is 4.71. The second-order valence-corrected chi connectivity index (χ2v) is 6.41. The van der Waals surface area contributed by atoms with Gasteiger partial charge in [0.05, 0.1) is 12.2 Å². The summed E-state index contributed by atoms with van der Waals surface area (Å²) in [6, 6.07) is 7.64. The quantitative estimate of drug-likeness (QED) is 0.697. The lowest BCUT2D eigenvalue weighted by Gasteiger charge is -2.27. The number of carbonyl (C=O) groups is 2. The summed E-state index contributed by atoms with van der Waals surface area (Å²) >= 11 is 0. The average molecular weight is 346 g/mol. The maximum atomic E-state index is 12.4. The van der Waals surface area contributed by atoms with Gasteiger partial charge in [0.2, 0.25) is 5.91 Å². The Balaban J connectivity index is 1.76. The van der Waals surface area contributed by atoms with Gasteiger partial charge in [-0.3, -0.25) is 9.59 Å². The SMILES string of the molecule is CCOc1ccccc1C(=O)NCCCC(=O)N(CC)C1CCCC1. The Bertz CT molecular complexity index is 568. The number of rotatable bonds is 9. The van der Waals surface area contributed by atoms with Gasteiger partial charge in [-0.25, -0.2) is 0 Å². The molecule has 1 aromatic rings. The van der Waals surface area contributed by atoms with Gasteiger partial charge in [-0.1, -0.05) is 25.0 Å². The molecule has 5 heteroatoms. The van der Waals surface area contributed by atoms with Crippen LogP contribution in [0.3, 0.4) is 0 Å². The number of nitrogens with one attached hydrogen (secondary N) is 1. The highest BCUT2D eigenvalue weighted by atomic mass is 16.5. The van der Waals surface area contributed by atoms with Gasteiger partial charge >= 0.3 is 0 Å². The second kappa shape index (κ2) is 10.1. The first-order valence-electron chi connectivity index (χ1n) is 9.46. The topological polar surface area (TPSA) is 58.6 Å². The van der Waals surface area contributed by atoms with Crippen molar-refractivity contribution in [1.29, 1.82) is 0 Å². The lowest BCUT2D eigenvalue weighted by atomic mass is 10.1. The second-order valence-electron chi connectivity index (χ2n) is 6.41. The maximum absolute atomic E-state index is 12.4. The molecule has 1 aromatic carbocycles. The molecule has 0 aromatic heterocycles. The van der Waals surface area contributed by atoms with Gasteiger partial charge in [0.25, 0.3) is 5.91 Å². The van der Waals surface area contributed by atoms with E-state index in [0.717, 1.165) is 19.4 Å². The Morgan fingerprint density at radius 3 is 2.60 bits per heavy atom. The average Bonchev–Trinajstić information content (AvgIpc) is 3.14. The predicted octanol–water partition coefficient (Wildman–Crippen LogP) is 3.39. The molecule has 25 heavy (non-hydrogen) atoms. The molecule has 1 saturated carbocycles. The number of hydrogen-bond donors (Lipinski definition) is 1. The van der Waals surface area contributed by atoms with E-state index >= 15 is 0 Å². The fraction of sp³-hybridized carbons (Fsp3) is 0.600. The van der Waals surface area contributed by atoms with Gasteiger partial charge < -0.3 is 15.0 Å². The fourth-order valence-electron chi connectivity index (χ4n) is 3.47. The van der Waals surface area contributed by atoms with Gasteiger partial charge in [0, 0.05) is 25.6 Å². The van der Waals surface area contributed by atoms with Gasteiger partial charge in [-0.15, -0.1) is 0 Å². The van der Waals surface area contributed by atoms with Crippen LogP contribution in [0.5, 0.6) is 5.75 Å². The Labute approximate surface area is 150 Å². The fourth-order valence-corrected chi connectivity index (χ4v) is 3.47. The molecule has 0 bridgehead atoms. The zero-order valence-electron chi connectivity index (χ0n) is 15.4.